The van der Waals surface area contributed by atoms with Crippen LogP contribution in [-0.2, 0) is 0 Å². The third-order valence-corrected chi connectivity index (χ3v) is 3.04. The number of rotatable bonds is 5. The maximum Gasteiger partial charge on any atom is 0.319 e. The standard InChI is InChI=1S/C17H19N3O2/c1-13-7-9-15(10-8-13)20-17(22)19-12-11-18-16(21)14-5-3-2-4-6-14/h2-10H,11-12H2,1H3,(H,18,21)(H2,19,20,22). The zero-order valence-electron chi connectivity index (χ0n) is 12.4. The Kier molecular flexibility index (Phi) is 5.54. The van der Waals surface area contributed by atoms with Gasteiger partial charge in [0.2, 0.25) is 0 Å². The predicted molar refractivity (Wildman–Crippen MR) is 87.0 cm³/mol. The third kappa shape index (κ3) is 4.94. The normalized spacial score (nSPS) is 9.86. The van der Waals surface area contributed by atoms with E-state index in [1.807, 2.05) is 49.4 Å². The van der Waals surface area contributed by atoms with Crippen molar-refractivity contribution in [2.24, 2.45) is 0 Å². The van der Waals surface area contributed by atoms with Crippen LogP contribution < -0.4 is 16.0 Å². The van der Waals surface area contributed by atoms with Crippen LogP contribution in [0.4, 0.5) is 10.5 Å². The van der Waals surface area contributed by atoms with Crippen molar-refractivity contribution in [3.05, 3.63) is 65.7 Å². The van der Waals surface area contributed by atoms with E-state index in [9.17, 15) is 9.59 Å². The van der Waals surface area contributed by atoms with Gasteiger partial charge in [-0.3, -0.25) is 4.79 Å². The second-order valence-corrected chi connectivity index (χ2v) is 4.87. The lowest BCUT2D eigenvalue weighted by atomic mass is 10.2. The summed E-state index contributed by atoms with van der Waals surface area (Å²) in [4.78, 5) is 23.4. The van der Waals surface area contributed by atoms with E-state index in [1.165, 1.54) is 0 Å². The molecule has 2 aromatic carbocycles. The van der Waals surface area contributed by atoms with Crippen molar-refractivity contribution < 1.29 is 9.59 Å². The zero-order valence-corrected chi connectivity index (χ0v) is 12.4. The van der Waals surface area contributed by atoms with Crippen LogP contribution in [0.3, 0.4) is 0 Å². The van der Waals surface area contributed by atoms with Crippen LogP contribution in [0.5, 0.6) is 0 Å². The molecule has 5 nitrogen and oxygen atoms in total. The Morgan fingerprint density at radius 3 is 2.18 bits per heavy atom. The summed E-state index contributed by atoms with van der Waals surface area (Å²) in [6.45, 7) is 2.71. The lowest BCUT2D eigenvalue weighted by molar-refractivity contribution is 0.0954. The van der Waals surface area contributed by atoms with E-state index in [0.717, 1.165) is 11.3 Å². The molecule has 0 atom stereocenters. The molecule has 2 aromatic rings. The second kappa shape index (κ2) is 7.83. The second-order valence-electron chi connectivity index (χ2n) is 4.87. The van der Waals surface area contributed by atoms with Gasteiger partial charge in [0, 0.05) is 24.3 Å². The van der Waals surface area contributed by atoms with Gasteiger partial charge in [0.25, 0.3) is 5.91 Å². The summed E-state index contributed by atoms with van der Waals surface area (Å²) in [5.41, 5.74) is 2.47. The van der Waals surface area contributed by atoms with Crippen molar-refractivity contribution in [3.63, 3.8) is 0 Å². The minimum atomic E-state index is -0.294. The van der Waals surface area contributed by atoms with Gasteiger partial charge >= 0.3 is 6.03 Å². The minimum absolute atomic E-state index is 0.152. The number of anilines is 1. The number of aryl methyl sites for hydroxylation is 1. The molecular weight excluding hydrogens is 278 g/mol. The molecule has 2 rings (SSSR count). The molecule has 0 bridgehead atoms. The Morgan fingerprint density at radius 1 is 0.864 bits per heavy atom. The minimum Gasteiger partial charge on any atom is -0.350 e. The van der Waals surface area contributed by atoms with Crippen molar-refractivity contribution in [1.82, 2.24) is 10.6 Å². The highest BCUT2D eigenvalue weighted by molar-refractivity contribution is 5.94. The van der Waals surface area contributed by atoms with Gasteiger partial charge < -0.3 is 16.0 Å². The summed E-state index contributed by atoms with van der Waals surface area (Å²) >= 11 is 0. The topological polar surface area (TPSA) is 70.2 Å². The van der Waals surface area contributed by atoms with E-state index >= 15 is 0 Å². The number of benzene rings is 2. The molecule has 22 heavy (non-hydrogen) atoms. The molecule has 0 aliphatic rings. The monoisotopic (exact) mass is 297 g/mol. The smallest absolute Gasteiger partial charge is 0.319 e. The Morgan fingerprint density at radius 2 is 1.50 bits per heavy atom. The van der Waals surface area contributed by atoms with Gasteiger partial charge in [-0.05, 0) is 31.2 Å². The molecule has 5 heteroatoms. The van der Waals surface area contributed by atoms with Gasteiger partial charge in [-0.15, -0.1) is 0 Å². The van der Waals surface area contributed by atoms with E-state index < -0.39 is 0 Å². The number of nitrogens with one attached hydrogen (secondary N) is 3. The van der Waals surface area contributed by atoms with Crippen LogP contribution in [0.15, 0.2) is 54.6 Å². The van der Waals surface area contributed by atoms with Crippen molar-refractivity contribution in [1.29, 1.82) is 0 Å². The lowest BCUT2D eigenvalue weighted by Gasteiger charge is -2.09. The number of hydrogen-bond donors (Lipinski definition) is 3. The highest BCUT2D eigenvalue weighted by Crippen LogP contribution is 2.07. The fraction of sp³-hybridized carbons (Fsp3) is 0.176. The van der Waals surface area contributed by atoms with Crippen LogP contribution in [0, 0.1) is 6.92 Å². The third-order valence-electron chi connectivity index (χ3n) is 3.04. The molecule has 0 fully saturated rings. The first kappa shape index (κ1) is 15.6. The SMILES string of the molecule is Cc1ccc(NC(=O)NCCNC(=O)c2ccccc2)cc1. The molecule has 0 aliphatic heterocycles. The summed E-state index contributed by atoms with van der Waals surface area (Å²) in [6.07, 6.45) is 0. The van der Waals surface area contributed by atoms with E-state index in [2.05, 4.69) is 16.0 Å². The largest absolute Gasteiger partial charge is 0.350 e. The highest BCUT2D eigenvalue weighted by Gasteiger charge is 2.04. The molecule has 0 heterocycles. The summed E-state index contributed by atoms with van der Waals surface area (Å²) < 4.78 is 0. The highest BCUT2D eigenvalue weighted by atomic mass is 16.2. The Balaban J connectivity index is 1.67. The van der Waals surface area contributed by atoms with Crippen LogP contribution in [0.1, 0.15) is 15.9 Å². The van der Waals surface area contributed by atoms with Crippen molar-refractivity contribution >= 4 is 17.6 Å². The molecule has 0 saturated carbocycles. The van der Waals surface area contributed by atoms with Gasteiger partial charge in [0.1, 0.15) is 0 Å². The predicted octanol–water partition coefficient (Wildman–Crippen LogP) is 2.55. The average molecular weight is 297 g/mol. The first-order valence-electron chi connectivity index (χ1n) is 7.10. The van der Waals surface area contributed by atoms with Crippen LogP contribution in [0.25, 0.3) is 0 Å². The Hall–Kier alpha value is -2.82. The van der Waals surface area contributed by atoms with Crippen molar-refractivity contribution in [2.45, 2.75) is 6.92 Å². The molecule has 0 saturated heterocycles. The van der Waals surface area contributed by atoms with Crippen LogP contribution in [0.2, 0.25) is 0 Å². The first-order chi connectivity index (χ1) is 10.6. The van der Waals surface area contributed by atoms with Crippen LogP contribution >= 0.6 is 0 Å². The van der Waals surface area contributed by atoms with E-state index in [1.54, 1.807) is 12.1 Å². The zero-order chi connectivity index (χ0) is 15.8. The van der Waals surface area contributed by atoms with Crippen molar-refractivity contribution in [2.75, 3.05) is 18.4 Å². The van der Waals surface area contributed by atoms with E-state index in [4.69, 9.17) is 0 Å². The molecule has 0 radical (unpaired) electrons. The summed E-state index contributed by atoms with van der Waals surface area (Å²) in [6, 6.07) is 16.2. The van der Waals surface area contributed by atoms with E-state index in [-0.39, 0.29) is 11.9 Å². The van der Waals surface area contributed by atoms with Gasteiger partial charge in [-0.2, -0.15) is 0 Å². The average Bonchev–Trinajstić information content (AvgIpc) is 2.54. The van der Waals surface area contributed by atoms with Gasteiger partial charge in [0.15, 0.2) is 0 Å². The number of urea groups is 1. The first-order valence-corrected chi connectivity index (χ1v) is 7.10. The number of amides is 3. The maximum absolute atomic E-state index is 11.8. The fourth-order valence-electron chi connectivity index (χ4n) is 1.86. The van der Waals surface area contributed by atoms with Crippen molar-refractivity contribution in [3.8, 4) is 0 Å². The molecule has 114 valence electrons. The molecule has 0 spiro atoms. The molecule has 0 aliphatic carbocycles. The van der Waals surface area contributed by atoms with E-state index in [0.29, 0.717) is 18.7 Å². The fourth-order valence-corrected chi connectivity index (χ4v) is 1.86. The molecule has 3 amide bonds. The number of carbonyl (C=O) groups is 2. The molecule has 0 unspecified atom stereocenters. The quantitative estimate of drug-likeness (QED) is 0.742. The summed E-state index contributed by atoms with van der Waals surface area (Å²) in [5, 5.41) is 8.16. The Labute approximate surface area is 129 Å². The summed E-state index contributed by atoms with van der Waals surface area (Å²) in [5.74, 6) is -0.152. The lowest BCUT2D eigenvalue weighted by Crippen LogP contribution is -2.36. The van der Waals surface area contributed by atoms with Gasteiger partial charge in [-0.1, -0.05) is 35.9 Å². The number of hydrogen-bond acceptors (Lipinski definition) is 2. The molecule has 0 aromatic heterocycles. The molecule has 3 N–H and O–H groups in total. The molecular formula is C17H19N3O2. The number of carbonyl (C=O) groups excluding carboxylic acids is 2. The van der Waals surface area contributed by atoms with Gasteiger partial charge in [0.05, 0.1) is 0 Å². The van der Waals surface area contributed by atoms with Gasteiger partial charge in [-0.25, -0.2) is 4.79 Å². The van der Waals surface area contributed by atoms with Crippen LogP contribution in [-0.4, -0.2) is 25.0 Å². The maximum atomic E-state index is 11.8. The summed E-state index contributed by atoms with van der Waals surface area (Å²) in [7, 11) is 0. The Bertz CT molecular complexity index is 624.